The molecule has 0 bridgehead atoms. The van der Waals surface area contributed by atoms with E-state index in [0.717, 1.165) is 37.3 Å². The normalized spacial score (nSPS) is 16.5. The van der Waals surface area contributed by atoms with Crippen LogP contribution in [0.25, 0.3) is 11.5 Å². The predicted octanol–water partition coefficient (Wildman–Crippen LogP) is 2.41. The van der Waals surface area contributed by atoms with Crippen molar-refractivity contribution in [3.63, 3.8) is 0 Å². The highest BCUT2D eigenvalue weighted by Gasteiger charge is 2.23. The molecule has 2 aromatic rings. The van der Waals surface area contributed by atoms with E-state index < -0.39 is 0 Å². The third kappa shape index (κ3) is 3.27. The Kier molecular flexibility index (Phi) is 4.38. The molecule has 0 radical (unpaired) electrons. The van der Waals surface area contributed by atoms with Gasteiger partial charge in [0.15, 0.2) is 5.82 Å². The van der Waals surface area contributed by atoms with Gasteiger partial charge in [-0.3, -0.25) is 0 Å². The van der Waals surface area contributed by atoms with Gasteiger partial charge in [-0.1, -0.05) is 19.0 Å². The number of piperidine rings is 1. The highest BCUT2D eigenvalue weighted by Crippen LogP contribution is 2.29. The van der Waals surface area contributed by atoms with E-state index in [1.807, 2.05) is 25.3 Å². The van der Waals surface area contributed by atoms with E-state index in [2.05, 4.69) is 39.2 Å². The van der Waals surface area contributed by atoms with Gasteiger partial charge in [-0.15, -0.1) is 0 Å². The Bertz CT molecular complexity index is 617. The molecule has 0 unspecified atom stereocenters. The topological polar surface area (TPSA) is 67.1 Å². The van der Waals surface area contributed by atoms with Crippen LogP contribution in [0, 0.1) is 6.92 Å². The Hall–Kier alpha value is -1.95. The van der Waals surface area contributed by atoms with Crippen LogP contribution in [-0.2, 0) is 0 Å². The standard InChI is InChI=1S/C16H23N5O/c1-11(2)18-13-6-9-21(10-7-13)15-14(5-4-8-17-15)16-19-12(3)20-22-16/h4-5,8,11,13,18H,6-7,9-10H2,1-3H3. The van der Waals surface area contributed by atoms with Crippen molar-refractivity contribution in [3.05, 3.63) is 24.2 Å². The lowest BCUT2D eigenvalue weighted by molar-refractivity contribution is 0.386. The molecule has 22 heavy (non-hydrogen) atoms. The van der Waals surface area contributed by atoms with Crippen LogP contribution < -0.4 is 10.2 Å². The Morgan fingerprint density at radius 3 is 2.73 bits per heavy atom. The monoisotopic (exact) mass is 301 g/mol. The van der Waals surface area contributed by atoms with Crippen LogP contribution in [0.2, 0.25) is 0 Å². The second-order valence-electron chi connectivity index (χ2n) is 6.10. The molecule has 0 aliphatic carbocycles. The zero-order valence-corrected chi connectivity index (χ0v) is 13.4. The minimum absolute atomic E-state index is 0.531. The van der Waals surface area contributed by atoms with Crippen LogP contribution >= 0.6 is 0 Å². The van der Waals surface area contributed by atoms with Crippen molar-refractivity contribution in [1.82, 2.24) is 20.4 Å². The molecule has 6 nitrogen and oxygen atoms in total. The average Bonchev–Trinajstić information content (AvgIpc) is 2.94. The average molecular weight is 301 g/mol. The van der Waals surface area contributed by atoms with Crippen molar-refractivity contribution in [2.24, 2.45) is 0 Å². The van der Waals surface area contributed by atoms with E-state index >= 15 is 0 Å². The lowest BCUT2D eigenvalue weighted by Crippen LogP contribution is -2.45. The first-order chi connectivity index (χ1) is 10.6. The van der Waals surface area contributed by atoms with Gasteiger partial charge in [-0.25, -0.2) is 4.98 Å². The maximum atomic E-state index is 5.32. The van der Waals surface area contributed by atoms with E-state index in [9.17, 15) is 0 Å². The molecule has 1 N–H and O–H groups in total. The van der Waals surface area contributed by atoms with Gasteiger partial charge in [0.25, 0.3) is 5.89 Å². The van der Waals surface area contributed by atoms with Crippen LogP contribution in [0.1, 0.15) is 32.5 Å². The Balaban J connectivity index is 1.76. The summed E-state index contributed by atoms with van der Waals surface area (Å²) in [5.41, 5.74) is 0.915. The van der Waals surface area contributed by atoms with Crippen molar-refractivity contribution in [1.29, 1.82) is 0 Å². The van der Waals surface area contributed by atoms with E-state index in [4.69, 9.17) is 4.52 Å². The van der Waals surface area contributed by atoms with Gasteiger partial charge in [0.1, 0.15) is 5.82 Å². The van der Waals surface area contributed by atoms with E-state index in [-0.39, 0.29) is 0 Å². The second-order valence-corrected chi connectivity index (χ2v) is 6.10. The quantitative estimate of drug-likeness (QED) is 0.935. The van der Waals surface area contributed by atoms with Crippen LogP contribution in [0.5, 0.6) is 0 Å². The van der Waals surface area contributed by atoms with Gasteiger partial charge in [-0.05, 0) is 31.9 Å². The summed E-state index contributed by atoms with van der Waals surface area (Å²) in [6.45, 7) is 8.19. The predicted molar refractivity (Wildman–Crippen MR) is 85.8 cm³/mol. The Morgan fingerprint density at radius 1 is 1.32 bits per heavy atom. The summed E-state index contributed by atoms with van der Waals surface area (Å²) in [6.07, 6.45) is 4.06. The van der Waals surface area contributed by atoms with Crippen molar-refractivity contribution in [2.45, 2.75) is 45.7 Å². The molecule has 3 rings (SSSR count). The summed E-state index contributed by atoms with van der Waals surface area (Å²) >= 11 is 0. The Labute approximate surface area is 130 Å². The fourth-order valence-corrected chi connectivity index (χ4v) is 2.95. The van der Waals surface area contributed by atoms with Gasteiger partial charge < -0.3 is 14.7 Å². The lowest BCUT2D eigenvalue weighted by Gasteiger charge is -2.34. The largest absolute Gasteiger partial charge is 0.356 e. The number of aryl methyl sites for hydroxylation is 1. The molecule has 0 amide bonds. The molecule has 1 aliphatic heterocycles. The summed E-state index contributed by atoms with van der Waals surface area (Å²) in [6, 6.07) is 5.02. The van der Waals surface area contributed by atoms with Crippen LogP contribution in [0.3, 0.4) is 0 Å². The van der Waals surface area contributed by atoms with E-state index in [1.54, 1.807) is 0 Å². The Morgan fingerprint density at radius 2 is 2.09 bits per heavy atom. The molecule has 2 aromatic heterocycles. The minimum atomic E-state index is 0.531. The summed E-state index contributed by atoms with van der Waals surface area (Å²) < 4.78 is 5.32. The van der Waals surface area contributed by atoms with E-state index in [1.165, 1.54) is 0 Å². The zero-order valence-electron chi connectivity index (χ0n) is 13.4. The van der Waals surface area contributed by atoms with Crippen molar-refractivity contribution in [2.75, 3.05) is 18.0 Å². The molecule has 0 spiro atoms. The molecule has 1 fully saturated rings. The van der Waals surface area contributed by atoms with E-state index in [0.29, 0.717) is 23.8 Å². The molecular weight excluding hydrogens is 278 g/mol. The molecule has 0 aromatic carbocycles. The molecule has 1 aliphatic rings. The number of anilines is 1. The minimum Gasteiger partial charge on any atom is -0.356 e. The van der Waals surface area contributed by atoms with Gasteiger partial charge in [0.2, 0.25) is 0 Å². The van der Waals surface area contributed by atoms with Crippen LogP contribution in [0.15, 0.2) is 22.9 Å². The smallest absolute Gasteiger partial charge is 0.261 e. The highest BCUT2D eigenvalue weighted by atomic mass is 16.5. The maximum absolute atomic E-state index is 5.32. The third-order valence-electron chi connectivity index (χ3n) is 3.91. The number of nitrogens with zero attached hydrogens (tertiary/aromatic N) is 4. The number of hydrogen-bond donors (Lipinski definition) is 1. The summed E-state index contributed by atoms with van der Waals surface area (Å²) in [5.74, 6) is 2.13. The van der Waals surface area contributed by atoms with Gasteiger partial charge in [0, 0.05) is 31.4 Å². The first-order valence-electron chi connectivity index (χ1n) is 7.90. The van der Waals surface area contributed by atoms with Crippen LogP contribution in [-0.4, -0.2) is 40.3 Å². The van der Waals surface area contributed by atoms with Gasteiger partial charge >= 0.3 is 0 Å². The second kappa shape index (κ2) is 6.44. The highest BCUT2D eigenvalue weighted by molar-refractivity contribution is 5.69. The fourth-order valence-electron chi connectivity index (χ4n) is 2.95. The first kappa shape index (κ1) is 15.0. The molecule has 0 atom stereocenters. The summed E-state index contributed by atoms with van der Waals surface area (Å²) in [7, 11) is 0. The molecular formula is C16H23N5O. The number of rotatable bonds is 4. The first-order valence-corrected chi connectivity index (χ1v) is 7.90. The SMILES string of the molecule is Cc1noc(-c2cccnc2N2CCC(NC(C)C)CC2)n1. The maximum Gasteiger partial charge on any atom is 0.261 e. The summed E-state index contributed by atoms with van der Waals surface area (Å²) in [5, 5.41) is 7.50. The lowest BCUT2D eigenvalue weighted by atomic mass is 10.0. The van der Waals surface area contributed by atoms with Crippen molar-refractivity contribution >= 4 is 5.82 Å². The number of nitrogens with one attached hydrogen (secondary N) is 1. The number of pyridine rings is 1. The van der Waals surface area contributed by atoms with Crippen LogP contribution in [0.4, 0.5) is 5.82 Å². The van der Waals surface area contributed by atoms with Gasteiger partial charge in [0.05, 0.1) is 5.56 Å². The fraction of sp³-hybridized carbons (Fsp3) is 0.562. The molecule has 6 heteroatoms. The zero-order chi connectivity index (χ0) is 15.5. The molecule has 0 saturated carbocycles. The van der Waals surface area contributed by atoms with Crippen molar-refractivity contribution in [3.8, 4) is 11.5 Å². The molecule has 1 saturated heterocycles. The number of aromatic nitrogens is 3. The van der Waals surface area contributed by atoms with Crippen molar-refractivity contribution < 1.29 is 4.52 Å². The number of hydrogen-bond acceptors (Lipinski definition) is 6. The summed E-state index contributed by atoms with van der Waals surface area (Å²) in [4.78, 5) is 11.2. The third-order valence-corrected chi connectivity index (χ3v) is 3.91. The molecule has 3 heterocycles. The van der Waals surface area contributed by atoms with Gasteiger partial charge in [-0.2, -0.15) is 4.98 Å². The molecule has 118 valence electrons.